The lowest BCUT2D eigenvalue weighted by atomic mass is 9.99. The van der Waals surface area contributed by atoms with Crippen molar-refractivity contribution in [3.05, 3.63) is 59.3 Å². The van der Waals surface area contributed by atoms with Crippen LogP contribution in [0.2, 0.25) is 0 Å². The van der Waals surface area contributed by atoms with Crippen LogP contribution in [0.1, 0.15) is 29.2 Å². The van der Waals surface area contributed by atoms with Gasteiger partial charge in [0.2, 0.25) is 0 Å². The van der Waals surface area contributed by atoms with Crippen molar-refractivity contribution in [2.45, 2.75) is 26.4 Å². The zero-order valence-electron chi connectivity index (χ0n) is 14.7. The van der Waals surface area contributed by atoms with Crippen LogP contribution < -0.4 is 4.90 Å². The third kappa shape index (κ3) is 4.13. The highest BCUT2D eigenvalue weighted by Gasteiger charge is 2.19. The number of nitrogens with zero attached hydrogens (tertiary/aromatic N) is 3. The number of rotatable bonds is 5. The van der Waals surface area contributed by atoms with Gasteiger partial charge in [-0.2, -0.15) is 0 Å². The third-order valence-electron chi connectivity index (χ3n) is 4.86. The Morgan fingerprint density at radius 2 is 1.88 bits per heavy atom. The second kappa shape index (κ2) is 7.77. The van der Waals surface area contributed by atoms with Gasteiger partial charge < -0.3 is 10.0 Å². The Morgan fingerprint density at radius 1 is 1.08 bits per heavy atom. The number of aliphatic hydroxyl groups excluding tert-OH is 1. The molecule has 0 bridgehead atoms. The molecule has 4 nitrogen and oxygen atoms in total. The molecule has 24 heavy (non-hydrogen) atoms. The van der Waals surface area contributed by atoms with E-state index in [2.05, 4.69) is 52.9 Å². The highest BCUT2D eigenvalue weighted by atomic mass is 16.3. The van der Waals surface area contributed by atoms with Crippen molar-refractivity contribution in [3.8, 4) is 0 Å². The van der Waals surface area contributed by atoms with E-state index in [9.17, 15) is 5.11 Å². The standard InChI is InChI=1S/C20H27N3O/c1-16-6-7-17(2)18(15-16)19(24)8-10-22-11-13-23(14-12-22)20-5-3-4-9-21-20/h3-7,9,15,19,24H,8,10-14H2,1-2H3. The molecule has 1 atom stereocenters. The van der Waals surface area contributed by atoms with Crippen LogP contribution in [0, 0.1) is 13.8 Å². The predicted octanol–water partition coefficient (Wildman–Crippen LogP) is 2.94. The highest BCUT2D eigenvalue weighted by Crippen LogP contribution is 2.22. The molecular weight excluding hydrogens is 298 g/mol. The lowest BCUT2D eigenvalue weighted by Gasteiger charge is -2.35. The summed E-state index contributed by atoms with van der Waals surface area (Å²) in [6, 6.07) is 12.4. The molecule has 2 aromatic rings. The summed E-state index contributed by atoms with van der Waals surface area (Å²) in [5.74, 6) is 1.06. The summed E-state index contributed by atoms with van der Waals surface area (Å²) in [7, 11) is 0. The quantitative estimate of drug-likeness (QED) is 0.917. The van der Waals surface area contributed by atoms with E-state index in [-0.39, 0.29) is 6.10 Å². The number of benzene rings is 1. The summed E-state index contributed by atoms with van der Waals surface area (Å²) in [5.41, 5.74) is 3.45. The Hall–Kier alpha value is -1.91. The van der Waals surface area contributed by atoms with Crippen molar-refractivity contribution in [1.29, 1.82) is 0 Å². The third-order valence-corrected chi connectivity index (χ3v) is 4.86. The van der Waals surface area contributed by atoms with Crippen molar-refractivity contribution >= 4 is 5.82 Å². The summed E-state index contributed by atoms with van der Waals surface area (Å²) < 4.78 is 0. The summed E-state index contributed by atoms with van der Waals surface area (Å²) in [4.78, 5) is 9.20. The predicted molar refractivity (Wildman–Crippen MR) is 98.4 cm³/mol. The number of piperazine rings is 1. The van der Waals surface area contributed by atoms with E-state index in [1.165, 1.54) is 11.1 Å². The van der Waals surface area contributed by atoms with Crippen LogP contribution >= 0.6 is 0 Å². The first-order valence-corrected chi connectivity index (χ1v) is 8.77. The number of aryl methyl sites for hydroxylation is 2. The summed E-state index contributed by atoms with van der Waals surface area (Å²) in [5, 5.41) is 10.5. The molecule has 1 aliphatic rings. The molecule has 0 radical (unpaired) electrons. The second-order valence-electron chi connectivity index (χ2n) is 6.68. The summed E-state index contributed by atoms with van der Waals surface area (Å²) >= 11 is 0. The van der Waals surface area contributed by atoms with Crippen LogP contribution in [0.15, 0.2) is 42.6 Å². The largest absolute Gasteiger partial charge is 0.388 e. The molecule has 128 valence electrons. The Kier molecular flexibility index (Phi) is 5.48. The van der Waals surface area contributed by atoms with Gasteiger partial charge in [-0.15, -0.1) is 0 Å². The van der Waals surface area contributed by atoms with Crippen LogP contribution in [0.5, 0.6) is 0 Å². The highest BCUT2D eigenvalue weighted by molar-refractivity contribution is 5.38. The molecule has 0 amide bonds. The van der Waals surface area contributed by atoms with Crippen LogP contribution in [0.4, 0.5) is 5.82 Å². The average molecular weight is 325 g/mol. The molecule has 0 saturated carbocycles. The SMILES string of the molecule is Cc1ccc(C)c(C(O)CCN2CCN(c3ccccn3)CC2)c1. The Balaban J connectivity index is 1.49. The van der Waals surface area contributed by atoms with E-state index in [1.54, 1.807) is 0 Å². The number of hydrogen-bond acceptors (Lipinski definition) is 4. The summed E-state index contributed by atoms with van der Waals surface area (Å²) in [6.07, 6.45) is 2.26. The van der Waals surface area contributed by atoms with Crippen molar-refractivity contribution in [3.63, 3.8) is 0 Å². The zero-order valence-corrected chi connectivity index (χ0v) is 14.7. The van der Waals surface area contributed by atoms with Gasteiger partial charge in [-0.3, -0.25) is 4.90 Å². The minimum absolute atomic E-state index is 0.376. The molecule has 1 aromatic heterocycles. The van der Waals surface area contributed by atoms with Gasteiger partial charge in [0.05, 0.1) is 6.10 Å². The normalized spacial score (nSPS) is 17.0. The monoisotopic (exact) mass is 325 g/mol. The number of aromatic nitrogens is 1. The van der Waals surface area contributed by atoms with Crippen molar-refractivity contribution in [2.75, 3.05) is 37.6 Å². The first-order valence-electron chi connectivity index (χ1n) is 8.77. The first-order chi connectivity index (χ1) is 11.6. The first kappa shape index (κ1) is 16.9. The number of hydrogen-bond donors (Lipinski definition) is 1. The molecule has 1 unspecified atom stereocenters. The maximum atomic E-state index is 10.5. The Morgan fingerprint density at radius 3 is 2.58 bits per heavy atom. The maximum Gasteiger partial charge on any atom is 0.128 e. The lowest BCUT2D eigenvalue weighted by molar-refractivity contribution is 0.139. The number of pyridine rings is 1. The van der Waals surface area contributed by atoms with Gasteiger partial charge in [0.1, 0.15) is 5.82 Å². The molecular formula is C20H27N3O. The fourth-order valence-corrected chi connectivity index (χ4v) is 3.32. The minimum atomic E-state index is -0.376. The molecule has 0 spiro atoms. The van der Waals surface area contributed by atoms with Gasteiger partial charge in [-0.25, -0.2) is 4.98 Å². The minimum Gasteiger partial charge on any atom is -0.388 e. The van der Waals surface area contributed by atoms with Gasteiger partial charge in [-0.1, -0.05) is 29.8 Å². The van der Waals surface area contributed by atoms with Gasteiger partial charge >= 0.3 is 0 Å². The van der Waals surface area contributed by atoms with Gasteiger partial charge in [0.25, 0.3) is 0 Å². The van der Waals surface area contributed by atoms with E-state index in [1.807, 2.05) is 18.3 Å². The molecule has 3 rings (SSSR count). The molecule has 1 aromatic carbocycles. The van der Waals surface area contributed by atoms with Crippen LogP contribution in [0.25, 0.3) is 0 Å². The van der Waals surface area contributed by atoms with Crippen molar-refractivity contribution in [1.82, 2.24) is 9.88 Å². The van der Waals surface area contributed by atoms with Gasteiger partial charge in [-0.05, 0) is 43.5 Å². The van der Waals surface area contributed by atoms with Crippen LogP contribution in [-0.2, 0) is 0 Å². The molecule has 1 aliphatic heterocycles. The number of anilines is 1. The molecule has 2 heterocycles. The zero-order chi connectivity index (χ0) is 16.9. The molecule has 4 heteroatoms. The summed E-state index contributed by atoms with van der Waals surface area (Å²) in [6.45, 7) is 9.13. The van der Waals surface area contributed by atoms with Crippen LogP contribution in [-0.4, -0.2) is 47.7 Å². The van der Waals surface area contributed by atoms with E-state index in [4.69, 9.17) is 0 Å². The fraction of sp³-hybridized carbons (Fsp3) is 0.450. The lowest BCUT2D eigenvalue weighted by Crippen LogP contribution is -2.47. The van der Waals surface area contributed by atoms with E-state index in [0.29, 0.717) is 0 Å². The second-order valence-corrected chi connectivity index (χ2v) is 6.68. The topological polar surface area (TPSA) is 39.6 Å². The van der Waals surface area contributed by atoms with E-state index >= 15 is 0 Å². The molecule has 1 saturated heterocycles. The van der Waals surface area contributed by atoms with E-state index in [0.717, 1.165) is 50.5 Å². The maximum absolute atomic E-state index is 10.5. The molecule has 1 N–H and O–H groups in total. The molecule has 0 aliphatic carbocycles. The van der Waals surface area contributed by atoms with Crippen LogP contribution in [0.3, 0.4) is 0 Å². The van der Waals surface area contributed by atoms with Gasteiger partial charge in [0.15, 0.2) is 0 Å². The van der Waals surface area contributed by atoms with Crippen molar-refractivity contribution < 1.29 is 5.11 Å². The average Bonchev–Trinajstić information content (AvgIpc) is 2.63. The Labute approximate surface area is 144 Å². The van der Waals surface area contributed by atoms with E-state index < -0.39 is 0 Å². The van der Waals surface area contributed by atoms with Gasteiger partial charge in [0, 0.05) is 38.9 Å². The fourth-order valence-electron chi connectivity index (χ4n) is 3.32. The van der Waals surface area contributed by atoms with Crippen molar-refractivity contribution in [2.24, 2.45) is 0 Å². The Bertz CT molecular complexity index is 651. The molecule has 1 fully saturated rings. The number of aliphatic hydroxyl groups is 1. The smallest absolute Gasteiger partial charge is 0.128 e.